The quantitative estimate of drug-likeness (QED) is 0.361. The van der Waals surface area contributed by atoms with Gasteiger partial charge in [0.05, 0.1) is 23.5 Å². The highest BCUT2D eigenvalue weighted by Gasteiger charge is 2.15. The van der Waals surface area contributed by atoms with E-state index in [1.54, 1.807) is 0 Å². The van der Waals surface area contributed by atoms with E-state index < -0.39 is 18.6 Å². The molecule has 0 aliphatic heterocycles. The molecule has 4 aromatic rings. The maximum Gasteiger partial charge on any atom is 0.330 e. The topological polar surface area (TPSA) is 121 Å². The highest BCUT2D eigenvalue weighted by atomic mass is 35.5. The van der Waals surface area contributed by atoms with Crippen LogP contribution < -0.4 is 5.32 Å². The molecule has 2 aromatic carbocycles. The third-order valence-electron chi connectivity index (χ3n) is 4.39. The van der Waals surface area contributed by atoms with Gasteiger partial charge in [0.2, 0.25) is 0 Å². The lowest BCUT2D eigenvalue weighted by Gasteiger charge is -2.10. The zero-order chi connectivity index (χ0) is 21.8. The van der Waals surface area contributed by atoms with Crippen LogP contribution in [0.25, 0.3) is 21.5 Å². The van der Waals surface area contributed by atoms with Crippen molar-refractivity contribution in [1.29, 1.82) is 0 Å². The van der Waals surface area contributed by atoms with Crippen LogP contribution in [0.15, 0.2) is 59.7 Å². The minimum absolute atomic E-state index is 0.367. The molecule has 0 fully saturated rings. The van der Waals surface area contributed by atoms with Crippen LogP contribution in [0.1, 0.15) is 5.69 Å². The third kappa shape index (κ3) is 4.53. The Hall–Kier alpha value is -3.40. The van der Waals surface area contributed by atoms with Crippen molar-refractivity contribution in [2.45, 2.75) is 6.04 Å². The second-order valence-electron chi connectivity index (χ2n) is 6.45. The van der Waals surface area contributed by atoms with E-state index in [9.17, 15) is 4.79 Å². The third-order valence-corrected chi connectivity index (χ3v) is 5.53. The van der Waals surface area contributed by atoms with Crippen LogP contribution in [0.4, 0.5) is 11.5 Å². The zero-order valence-corrected chi connectivity index (χ0v) is 17.5. The second kappa shape index (κ2) is 9.17. The van der Waals surface area contributed by atoms with Gasteiger partial charge in [-0.2, -0.15) is 4.37 Å². The number of hydrogen-bond acceptors (Lipinski definition) is 8. The molecule has 8 nitrogen and oxygen atoms in total. The Morgan fingerprint density at radius 3 is 2.77 bits per heavy atom. The van der Waals surface area contributed by atoms with E-state index in [0.717, 1.165) is 22.7 Å². The van der Waals surface area contributed by atoms with Gasteiger partial charge < -0.3 is 15.5 Å². The molecule has 2 aromatic heterocycles. The summed E-state index contributed by atoms with van der Waals surface area (Å²) in [6.07, 6.45) is 2.73. The summed E-state index contributed by atoms with van der Waals surface area (Å²) in [7, 11) is 0. The van der Waals surface area contributed by atoms with Crippen molar-refractivity contribution < 1.29 is 15.0 Å². The first-order chi connectivity index (χ1) is 15.1. The van der Waals surface area contributed by atoms with Gasteiger partial charge >= 0.3 is 5.97 Å². The predicted octanol–water partition coefficient (Wildman–Crippen LogP) is 4.01. The Balaban J connectivity index is 1.61. The molecular weight excluding hydrogens is 438 g/mol. The summed E-state index contributed by atoms with van der Waals surface area (Å²) >= 11 is 7.78. The summed E-state index contributed by atoms with van der Waals surface area (Å²) in [6, 6.07) is 14.3. The Morgan fingerprint density at radius 1 is 1.23 bits per heavy atom. The number of nitrogens with one attached hydrogen (secondary N) is 1. The first kappa shape index (κ1) is 20.9. The number of fused-ring (bicyclic) bond motifs is 1. The molecule has 0 unspecified atom stereocenters. The number of aliphatic hydroxyl groups excluding tert-OH is 1. The predicted molar refractivity (Wildman–Crippen MR) is 121 cm³/mol. The lowest BCUT2D eigenvalue weighted by atomic mass is 10.1. The van der Waals surface area contributed by atoms with Gasteiger partial charge in [0.1, 0.15) is 11.2 Å². The molecule has 0 spiro atoms. The standard InChI is InChI=1S/C21H16ClN5O3S/c22-17-14(12-5-2-1-3-6-12)7-4-8-15(17)26-19-18-20(31-27-19)25-13(10-24-18)9-23-16(11-28)21(29)30/h1-10,16,28H,11H2,(H,26,27)(H,29,30)/t16-/m1/s1. The number of rotatable bonds is 7. The number of aliphatic carboxylic acids is 1. The maximum atomic E-state index is 10.9. The van der Waals surface area contributed by atoms with Crippen LogP contribution in [0.5, 0.6) is 0 Å². The van der Waals surface area contributed by atoms with Gasteiger partial charge in [0.15, 0.2) is 16.7 Å². The largest absolute Gasteiger partial charge is 0.480 e. The van der Waals surface area contributed by atoms with Gasteiger partial charge in [0.25, 0.3) is 0 Å². The van der Waals surface area contributed by atoms with Crippen molar-refractivity contribution in [3.63, 3.8) is 0 Å². The number of hydrogen-bond donors (Lipinski definition) is 3. The molecule has 0 aliphatic carbocycles. The molecule has 0 radical (unpaired) electrons. The highest BCUT2D eigenvalue weighted by molar-refractivity contribution is 7.13. The fourth-order valence-electron chi connectivity index (χ4n) is 2.84. The first-order valence-corrected chi connectivity index (χ1v) is 10.3. The molecule has 31 heavy (non-hydrogen) atoms. The minimum Gasteiger partial charge on any atom is -0.480 e. The van der Waals surface area contributed by atoms with Crippen LogP contribution >= 0.6 is 23.1 Å². The molecule has 0 saturated heterocycles. The molecule has 4 rings (SSSR count). The molecule has 0 aliphatic rings. The molecule has 10 heteroatoms. The summed E-state index contributed by atoms with van der Waals surface area (Å²) in [5.74, 6) is -0.700. The molecule has 1 atom stereocenters. The smallest absolute Gasteiger partial charge is 0.330 e. The summed E-state index contributed by atoms with van der Waals surface area (Å²) in [5, 5.41) is 21.8. The van der Waals surface area contributed by atoms with Crippen molar-refractivity contribution in [2.24, 2.45) is 4.99 Å². The molecular formula is C21H16ClN5O3S. The van der Waals surface area contributed by atoms with Crippen molar-refractivity contribution in [1.82, 2.24) is 14.3 Å². The van der Waals surface area contributed by atoms with E-state index in [-0.39, 0.29) is 0 Å². The number of carboxylic acids is 1. The van der Waals surface area contributed by atoms with Crippen LogP contribution in [0, 0.1) is 0 Å². The van der Waals surface area contributed by atoms with Gasteiger partial charge in [-0.15, -0.1) is 0 Å². The Labute approximate surface area is 186 Å². The van der Waals surface area contributed by atoms with E-state index in [1.165, 1.54) is 12.4 Å². The first-order valence-electron chi connectivity index (χ1n) is 9.17. The molecule has 156 valence electrons. The van der Waals surface area contributed by atoms with Crippen molar-refractivity contribution >= 4 is 57.2 Å². The SMILES string of the molecule is O=C(O)[C@@H](CO)N=Cc1cnc2c(Nc3cccc(-c4ccccc4)c3Cl)nsc2n1. The number of anilines is 2. The summed E-state index contributed by atoms with van der Waals surface area (Å²) < 4.78 is 4.38. The van der Waals surface area contributed by atoms with Crippen LogP contribution in [0.3, 0.4) is 0 Å². The van der Waals surface area contributed by atoms with Crippen LogP contribution in [0.2, 0.25) is 5.02 Å². The normalized spacial score (nSPS) is 12.3. The number of aliphatic hydroxyl groups is 1. The van der Waals surface area contributed by atoms with E-state index in [4.69, 9.17) is 21.8 Å². The number of aromatic nitrogens is 3. The highest BCUT2D eigenvalue weighted by Crippen LogP contribution is 2.36. The molecule has 2 heterocycles. The van der Waals surface area contributed by atoms with Gasteiger partial charge in [-0.3, -0.25) is 4.99 Å². The lowest BCUT2D eigenvalue weighted by molar-refractivity contribution is -0.139. The fourth-order valence-corrected chi connectivity index (χ4v) is 3.81. The monoisotopic (exact) mass is 453 g/mol. The molecule has 3 N–H and O–H groups in total. The van der Waals surface area contributed by atoms with Crippen molar-refractivity contribution in [2.75, 3.05) is 11.9 Å². The van der Waals surface area contributed by atoms with E-state index in [0.29, 0.717) is 32.6 Å². The minimum atomic E-state index is -1.24. The Kier molecular flexibility index (Phi) is 6.17. The molecule has 0 saturated carbocycles. The Bertz CT molecular complexity index is 1260. The van der Waals surface area contributed by atoms with Gasteiger partial charge in [-0.1, -0.05) is 54.1 Å². The average Bonchev–Trinajstić information content (AvgIpc) is 3.18. The number of carbonyl (C=O) groups is 1. The summed E-state index contributed by atoms with van der Waals surface area (Å²) in [6.45, 7) is -0.598. The Morgan fingerprint density at radius 2 is 2.03 bits per heavy atom. The van der Waals surface area contributed by atoms with Crippen molar-refractivity contribution in [3.05, 3.63) is 65.4 Å². The van der Waals surface area contributed by atoms with E-state index >= 15 is 0 Å². The van der Waals surface area contributed by atoms with Crippen molar-refractivity contribution in [3.8, 4) is 11.1 Å². The number of nitrogens with zero attached hydrogens (tertiary/aromatic N) is 4. The van der Waals surface area contributed by atoms with Crippen LogP contribution in [-0.4, -0.2) is 49.4 Å². The zero-order valence-electron chi connectivity index (χ0n) is 15.9. The molecule has 0 amide bonds. The van der Waals surface area contributed by atoms with Gasteiger partial charge in [0, 0.05) is 11.8 Å². The number of halogens is 1. The van der Waals surface area contributed by atoms with Gasteiger partial charge in [-0.25, -0.2) is 14.8 Å². The second-order valence-corrected chi connectivity index (χ2v) is 7.58. The summed E-state index contributed by atoms with van der Waals surface area (Å²) in [5.41, 5.74) is 3.51. The lowest BCUT2D eigenvalue weighted by Crippen LogP contribution is -2.22. The molecule has 0 bridgehead atoms. The number of benzene rings is 2. The average molecular weight is 454 g/mol. The number of aliphatic imine (C=N–C) groups is 1. The summed E-state index contributed by atoms with van der Waals surface area (Å²) in [4.78, 5) is 24.1. The maximum absolute atomic E-state index is 10.9. The fraction of sp³-hybridized carbons (Fsp3) is 0.0952. The van der Waals surface area contributed by atoms with Crippen LogP contribution in [-0.2, 0) is 4.79 Å². The van der Waals surface area contributed by atoms with Gasteiger partial charge in [-0.05, 0) is 23.2 Å². The van der Waals surface area contributed by atoms with E-state index in [1.807, 2.05) is 48.5 Å². The van der Waals surface area contributed by atoms with E-state index in [2.05, 4.69) is 24.7 Å². The number of carboxylic acid groups (broad SMARTS) is 1.